The van der Waals surface area contributed by atoms with E-state index in [1.165, 1.54) is 0 Å². The molecule has 0 saturated carbocycles. The molecular formula is C7H14OS. The Labute approximate surface area is 61.2 Å². The third kappa shape index (κ3) is 4.52. The highest BCUT2D eigenvalue weighted by Crippen LogP contribution is 2.11. The van der Waals surface area contributed by atoms with Crippen LogP contribution in [0.1, 0.15) is 27.2 Å². The lowest BCUT2D eigenvalue weighted by atomic mass is 10.3. The van der Waals surface area contributed by atoms with E-state index in [-0.39, 0.29) is 11.0 Å². The first kappa shape index (κ1) is 9.02. The van der Waals surface area contributed by atoms with Crippen molar-refractivity contribution in [1.82, 2.24) is 0 Å². The summed E-state index contributed by atoms with van der Waals surface area (Å²) in [5, 5.41) is 0.199. The van der Waals surface area contributed by atoms with Crippen molar-refractivity contribution in [2.24, 2.45) is 0 Å². The van der Waals surface area contributed by atoms with Crippen LogP contribution < -0.4 is 0 Å². The number of Topliss-reactive ketones (excluding diaryl/α,β-unsaturated/α-hetero) is 1. The highest BCUT2D eigenvalue weighted by atomic mass is 32.2. The SMILES string of the molecule is CCCSC(C)C(C)=O. The molecule has 0 aliphatic carbocycles. The standard InChI is InChI=1S/C7H14OS/c1-4-5-9-7(3)6(2)8/h7H,4-5H2,1-3H3. The van der Waals surface area contributed by atoms with Crippen LogP contribution in [-0.4, -0.2) is 16.8 Å². The monoisotopic (exact) mass is 146 g/mol. The predicted molar refractivity (Wildman–Crippen MR) is 42.9 cm³/mol. The first-order valence-corrected chi connectivity index (χ1v) is 4.35. The van der Waals surface area contributed by atoms with Gasteiger partial charge in [0.05, 0.1) is 5.25 Å². The van der Waals surface area contributed by atoms with Crippen LogP contribution in [0.3, 0.4) is 0 Å². The van der Waals surface area contributed by atoms with E-state index in [1.54, 1.807) is 18.7 Å². The number of hydrogen-bond donors (Lipinski definition) is 0. The van der Waals surface area contributed by atoms with E-state index >= 15 is 0 Å². The molecular weight excluding hydrogens is 132 g/mol. The van der Waals surface area contributed by atoms with Gasteiger partial charge in [-0.05, 0) is 26.0 Å². The van der Waals surface area contributed by atoms with Crippen molar-refractivity contribution in [2.75, 3.05) is 5.75 Å². The molecule has 54 valence electrons. The Morgan fingerprint density at radius 2 is 2.22 bits per heavy atom. The van der Waals surface area contributed by atoms with Crippen LogP contribution in [0.15, 0.2) is 0 Å². The maximum absolute atomic E-state index is 10.6. The lowest BCUT2D eigenvalue weighted by molar-refractivity contribution is -0.116. The van der Waals surface area contributed by atoms with Gasteiger partial charge in [0.15, 0.2) is 0 Å². The summed E-state index contributed by atoms with van der Waals surface area (Å²) >= 11 is 1.73. The topological polar surface area (TPSA) is 17.1 Å². The molecule has 0 aromatic rings. The molecule has 0 aromatic heterocycles. The van der Waals surface area contributed by atoms with E-state index in [4.69, 9.17) is 0 Å². The second-order valence-electron chi connectivity index (χ2n) is 2.12. The molecule has 0 heterocycles. The molecule has 2 heteroatoms. The van der Waals surface area contributed by atoms with Crippen LogP contribution >= 0.6 is 11.8 Å². The average molecular weight is 146 g/mol. The molecule has 0 bridgehead atoms. The summed E-state index contributed by atoms with van der Waals surface area (Å²) in [6, 6.07) is 0. The van der Waals surface area contributed by atoms with Crippen molar-refractivity contribution in [3.05, 3.63) is 0 Å². The Hall–Kier alpha value is 0.0200. The first-order chi connectivity index (χ1) is 4.18. The molecule has 0 fully saturated rings. The van der Waals surface area contributed by atoms with Gasteiger partial charge in [-0.15, -0.1) is 0 Å². The van der Waals surface area contributed by atoms with Crippen LogP contribution in [0.2, 0.25) is 0 Å². The lowest BCUT2D eigenvalue weighted by Crippen LogP contribution is -2.08. The maximum atomic E-state index is 10.6. The average Bonchev–Trinajstić information content (AvgIpc) is 1.82. The summed E-state index contributed by atoms with van der Waals surface area (Å²) in [4.78, 5) is 10.6. The van der Waals surface area contributed by atoms with Crippen molar-refractivity contribution in [1.29, 1.82) is 0 Å². The first-order valence-electron chi connectivity index (χ1n) is 3.30. The number of carbonyl (C=O) groups is 1. The Bertz CT molecular complexity index is 90.9. The third-order valence-corrected chi connectivity index (χ3v) is 2.62. The number of ketones is 1. The Morgan fingerprint density at radius 3 is 2.56 bits per heavy atom. The second-order valence-corrected chi connectivity index (χ2v) is 3.57. The van der Waals surface area contributed by atoms with E-state index < -0.39 is 0 Å². The van der Waals surface area contributed by atoms with Crippen molar-refractivity contribution >= 4 is 17.5 Å². The zero-order valence-corrected chi connectivity index (χ0v) is 7.12. The lowest BCUT2D eigenvalue weighted by Gasteiger charge is -2.03. The molecule has 0 saturated heterocycles. The fourth-order valence-electron chi connectivity index (χ4n) is 0.412. The Balaban J connectivity index is 3.27. The number of rotatable bonds is 4. The van der Waals surface area contributed by atoms with Gasteiger partial charge in [0.25, 0.3) is 0 Å². The van der Waals surface area contributed by atoms with Crippen molar-refractivity contribution in [3.63, 3.8) is 0 Å². The van der Waals surface area contributed by atoms with Gasteiger partial charge in [0.1, 0.15) is 5.78 Å². The van der Waals surface area contributed by atoms with Gasteiger partial charge in [0, 0.05) is 0 Å². The van der Waals surface area contributed by atoms with Gasteiger partial charge in [-0.25, -0.2) is 0 Å². The number of thioether (sulfide) groups is 1. The van der Waals surface area contributed by atoms with E-state index in [0.29, 0.717) is 0 Å². The van der Waals surface area contributed by atoms with Gasteiger partial charge in [-0.1, -0.05) is 6.92 Å². The Morgan fingerprint density at radius 1 is 1.67 bits per heavy atom. The fraction of sp³-hybridized carbons (Fsp3) is 0.857. The van der Waals surface area contributed by atoms with Gasteiger partial charge in [0.2, 0.25) is 0 Å². The van der Waals surface area contributed by atoms with Gasteiger partial charge in [-0.2, -0.15) is 11.8 Å². The summed E-state index contributed by atoms with van der Waals surface area (Å²) in [6.45, 7) is 5.73. The largest absolute Gasteiger partial charge is 0.299 e. The van der Waals surface area contributed by atoms with Crippen LogP contribution in [0.25, 0.3) is 0 Å². The highest BCUT2D eigenvalue weighted by Gasteiger charge is 2.05. The molecule has 0 rings (SSSR count). The van der Waals surface area contributed by atoms with E-state index in [2.05, 4.69) is 6.92 Å². The predicted octanol–water partition coefficient (Wildman–Crippen LogP) is 2.11. The van der Waals surface area contributed by atoms with Gasteiger partial charge in [-0.3, -0.25) is 4.79 Å². The molecule has 0 aliphatic heterocycles. The molecule has 1 unspecified atom stereocenters. The van der Waals surface area contributed by atoms with Crippen LogP contribution in [0.4, 0.5) is 0 Å². The summed E-state index contributed by atoms with van der Waals surface area (Å²) < 4.78 is 0. The van der Waals surface area contributed by atoms with E-state index in [1.807, 2.05) is 6.92 Å². The maximum Gasteiger partial charge on any atom is 0.142 e. The second kappa shape index (κ2) is 4.86. The smallest absolute Gasteiger partial charge is 0.142 e. The van der Waals surface area contributed by atoms with Crippen LogP contribution in [0.5, 0.6) is 0 Å². The summed E-state index contributed by atoms with van der Waals surface area (Å²) in [5.74, 6) is 1.38. The summed E-state index contributed by atoms with van der Waals surface area (Å²) in [5.41, 5.74) is 0. The molecule has 9 heavy (non-hydrogen) atoms. The summed E-state index contributed by atoms with van der Waals surface area (Å²) in [6.07, 6.45) is 1.16. The minimum Gasteiger partial charge on any atom is -0.299 e. The summed E-state index contributed by atoms with van der Waals surface area (Å²) in [7, 11) is 0. The number of hydrogen-bond acceptors (Lipinski definition) is 2. The minimum atomic E-state index is 0.199. The zero-order valence-electron chi connectivity index (χ0n) is 6.31. The molecule has 1 atom stereocenters. The van der Waals surface area contributed by atoms with Crippen molar-refractivity contribution < 1.29 is 4.79 Å². The van der Waals surface area contributed by atoms with Crippen LogP contribution in [-0.2, 0) is 4.79 Å². The quantitative estimate of drug-likeness (QED) is 0.604. The molecule has 0 aromatic carbocycles. The van der Waals surface area contributed by atoms with E-state index in [0.717, 1.165) is 12.2 Å². The fourth-order valence-corrected chi connectivity index (χ4v) is 1.24. The van der Waals surface area contributed by atoms with E-state index in [9.17, 15) is 4.79 Å². The Kier molecular flexibility index (Phi) is 4.87. The van der Waals surface area contributed by atoms with Gasteiger partial charge >= 0.3 is 0 Å². The molecule has 0 N–H and O–H groups in total. The molecule has 1 nitrogen and oxygen atoms in total. The molecule has 0 radical (unpaired) electrons. The molecule has 0 amide bonds. The normalized spacial score (nSPS) is 13.2. The van der Waals surface area contributed by atoms with Gasteiger partial charge < -0.3 is 0 Å². The molecule has 0 aliphatic rings. The molecule has 0 spiro atoms. The van der Waals surface area contributed by atoms with Crippen molar-refractivity contribution in [3.8, 4) is 0 Å². The highest BCUT2D eigenvalue weighted by molar-refractivity contribution is 8.00. The zero-order chi connectivity index (χ0) is 7.28. The minimum absolute atomic E-state index is 0.199. The van der Waals surface area contributed by atoms with Crippen molar-refractivity contribution in [2.45, 2.75) is 32.4 Å². The van der Waals surface area contributed by atoms with Crippen LogP contribution in [0, 0.1) is 0 Å². The third-order valence-electron chi connectivity index (χ3n) is 1.14. The number of carbonyl (C=O) groups excluding carboxylic acids is 1.